The number of carbonyl (C=O) groups excluding carboxylic acids is 1. The molecular formula is C19H17ClFN5O. The summed E-state index contributed by atoms with van der Waals surface area (Å²) in [6.07, 6.45) is 6.97. The largest absolute Gasteiger partial charge is 0.295 e. The Balaban J connectivity index is 1.52. The number of nitrogens with zero attached hydrogens (tertiary/aromatic N) is 4. The highest BCUT2D eigenvalue weighted by atomic mass is 35.5. The summed E-state index contributed by atoms with van der Waals surface area (Å²) in [5, 5.41) is 7.12. The van der Waals surface area contributed by atoms with Gasteiger partial charge in [-0.1, -0.05) is 11.6 Å². The maximum Gasteiger partial charge on any atom is 0.231 e. The van der Waals surface area contributed by atoms with Crippen LogP contribution in [0, 0.1) is 11.7 Å². The van der Waals surface area contributed by atoms with Crippen molar-refractivity contribution in [2.45, 2.75) is 19.3 Å². The van der Waals surface area contributed by atoms with E-state index in [2.05, 4.69) is 20.2 Å². The SMILES string of the molecule is O=C1[C@@H](Cc2cnc(Cl)c(F)c2)CCCN1c1cc(-c2ccncc2)[nH]n1. The molecule has 1 saturated heterocycles. The zero-order chi connectivity index (χ0) is 18.8. The molecule has 4 rings (SSSR count). The predicted molar refractivity (Wildman–Crippen MR) is 99.8 cm³/mol. The zero-order valence-electron chi connectivity index (χ0n) is 14.4. The van der Waals surface area contributed by atoms with Crippen LogP contribution in [0.2, 0.25) is 5.15 Å². The minimum Gasteiger partial charge on any atom is -0.295 e. The van der Waals surface area contributed by atoms with Crippen molar-refractivity contribution in [3.8, 4) is 11.3 Å². The van der Waals surface area contributed by atoms with Crippen molar-refractivity contribution in [1.29, 1.82) is 0 Å². The standard InChI is InChI=1S/C19H17ClFN5O/c20-18-15(21)9-12(11-23-18)8-14-2-1-7-26(19(14)27)17-10-16(24-25-17)13-3-5-22-6-4-13/h3-6,9-11,14H,1-2,7-8H2,(H,24,25)/t14-/m1/s1. The number of H-pyrrole nitrogens is 1. The number of aromatic nitrogens is 4. The van der Waals surface area contributed by atoms with Crippen LogP contribution in [0.1, 0.15) is 18.4 Å². The molecule has 6 nitrogen and oxygen atoms in total. The summed E-state index contributed by atoms with van der Waals surface area (Å²) >= 11 is 5.63. The monoisotopic (exact) mass is 385 g/mol. The molecule has 1 fully saturated rings. The van der Waals surface area contributed by atoms with Crippen molar-refractivity contribution in [1.82, 2.24) is 20.2 Å². The van der Waals surface area contributed by atoms with Crippen LogP contribution < -0.4 is 4.90 Å². The number of aromatic amines is 1. The second-order valence-electron chi connectivity index (χ2n) is 6.53. The van der Waals surface area contributed by atoms with E-state index in [1.54, 1.807) is 17.3 Å². The van der Waals surface area contributed by atoms with Gasteiger partial charge in [0.2, 0.25) is 5.91 Å². The van der Waals surface area contributed by atoms with Crippen LogP contribution in [0.25, 0.3) is 11.3 Å². The summed E-state index contributed by atoms with van der Waals surface area (Å²) in [5.74, 6) is -0.216. The normalized spacial score (nSPS) is 17.3. The van der Waals surface area contributed by atoms with Crippen LogP contribution >= 0.6 is 11.6 Å². The molecular weight excluding hydrogens is 369 g/mol. The Hall–Kier alpha value is -2.80. The van der Waals surface area contributed by atoms with Gasteiger partial charge in [-0.05, 0) is 43.0 Å². The fourth-order valence-corrected chi connectivity index (χ4v) is 3.46. The fourth-order valence-electron chi connectivity index (χ4n) is 3.35. The van der Waals surface area contributed by atoms with Crippen molar-refractivity contribution < 1.29 is 9.18 Å². The van der Waals surface area contributed by atoms with Gasteiger partial charge in [0.1, 0.15) is 0 Å². The van der Waals surface area contributed by atoms with Crippen molar-refractivity contribution in [2.24, 2.45) is 5.92 Å². The lowest BCUT2D eigenvalue weighted by Gasteiger charge is -2.30. The first kappa shape index (κ1) is 17.6. The molecule has 3 aromatic heterocycles. The van der Waals surface area contributed by atoms with Crippen molar-refractivity contribution in [2.75, 3.05) is 11.4 Å². The van der Waals surface area contributed by atoms with Gasteiger partial charge in [-0.2, -0.15) is 5.10 Å². The summed E-state index contributed by atoms with van der Waals surface area (Å²) in [6.45, 7) is 0.614. The maximum atomic E-state index is 13.6. The number of hydrogen-bond donors (Lipinski definition) is 1. The van der Waals surface area contributed by atoms with Crippen LogP contribution in [-0.2, 0) is 11.2 Å². The average Bonchev–Trinajstić information content (AvgIpc) is 3.17. The molecule has 138 valence electrons. The summed E-state index contributed by atoms with van der Waals surface area (Å²) in [7, 11) is 0. The molecule has 0 aromatic carbocycles. The van der Waals surface area contributed by atoms with Gasteiger partial charge in [0, 0.05) is 42.7 Å². The van der Waals surface area contributed by atoms with Gasteiger partial charge in [-0.3, -0.25) is 19.8 Å². The first-order valence-corrected chi connectivity index (χ1v) is 9.07. The van der Waals surface area contributed by atoms with Crippen LogP contribution in [0.15, 0.2) is 42.9 Å². The van der Waals surface area contributed by atoms with E-state index in [0.717, 1.165) is 24.1 Å². The van der Waals surface area contributed by atoms with Gasteiger partial charge >= 0.3 is 0 Å². The Morgan fingerprint density at radius 1 is 1.30 bits per heavy atom. The molecule has 0 saturated carbocycles. The maximum absolute atomic E-state index is 13.6. The molecule has 1 atom stereocenters. The third-order valence-electron chi connectivity index (χ3n) is 4.72. The molecule has 0 bridgehead atoms. The molecule has 1 aliphatic heterocycles. The lowest BCUT2D eigenvalue weighted by atomic mass is 9.91. The minimum atomic E-state index is -0.566. The Kier molecular flexibility index (Phi) is 4.85. The van der Waals surface area contributed by atoms with Crippen LogP contribution in [-0.4, -0.2) is 32.6 Å². The van der Waals surface area contributed by atoms with Crippen molar-refractivity contribution in [3.05, 3.63) is 59.4 Å². The smallest absolute Gasteiger partial charge is 0.231 e. The Bertz CT molecular complexity index is 962. The molecule has 8 heteroatoms. The number of piperidine rings is 1. The van der Waals surface area contributed by atoms with Crippen molar-refractivity contribution >= 4 is 23.3 Å². The molecule has 0 spiro atoms. The van der Waals surface area contributed by atoms with E-state index in [4.69, 9.17) is 11.6 Å². The quantitative estimate of drug-likeness (QED) is 0.696. The average molecular weight is 386 g/mol. The molecule has 1 N–H and O–H groups in total. The zero-order valence-corrected chi connectivity index (χ0v) is 15.2. The molecule has 4 heterocycles. The third kappa shape index (κ3) is 3.68. The molecule has 1 amide bonds. The molecule has 3 aromatic rings. The summed E-state index contributed by atoms with van der Waals surface area (Å²) in [4.78, 5) is 22.5. The number of amides is 1. The lowest BCUT2D eigenvalue weighted by molar-refractivity contribution is -0.123. The number of halogens is 2. The highest BCUT2D eigenvalue weighted by Crippen LogP contribution is 2.28. The highest BCUT2D eigenvalue weighted by molar-refractivity contribution is 6.29. The van der Waals surface area contributed by atoms with Crippen LogP contribution in [0.5, 0.6) is 0 Å². The lowest BCUT2D eigenvalue weighted by Crippen LogP contribution is -2.42. The van der Waals surface area contributed by atoms with E-state index in [9.17, 15) is 9.18 Å². The first-order valence-electron chi connectivity index (χ1n) is 8.69. The van der Waals surface area contributed by atoms with Crippen molar-refractivity contribution in [3.63, 3.8) is 0 Å². The Labute approximate surface area is 160 Å². The number of nitrogens with one attached hydrogen (secondary N) is 1. The molecule has 0 radical (unpaired) electrons. The first-order chi connectivity index (χ1) is 13.1. The third-order valence-corrected chi connectivity index (χ3v) is 4.99. The van der Waals surface area contributed by atoms with E-state index < -0.39 is 5.82 Å². The van der Waals surface area contributed by atoms with E-state index in [1.807, 2.05) is 18.2 Å². The topological polar surface area (TPSA) is 74.8 Å². The van der Waals surface area contributed by atoms with Gasteiger partial charge in [0.15, 0.2) is 16.8 Å². The van der Waals surface area contributed by atoms with E-state index >= 15 is 0 Å². The van der Waals surface area contributed by atoms with Gasteiger partial charge in [-0.15, -0.1) is 0 Å². The number of rotatable bonds is 4. The Morgan fingerprint density at radius 3 is 2.89 bits per heavy atom. The summed E-state index contributed by atoms with van der Waals surface area (Å²) in [5.41, 5.74) is 2.44. The van der Waals surface area contributed by atoms with E-state index in [0.29, 0.717) is 24.3 Å². The van der Waals surface area contributed by atoms with Gasteiger partial charge in [-0.25, -0.2) is 9.37 Å². The number of anilines is 1. The van der Waals surface area contributed by atoms with Gasteiger partial charge < -0.3 is 0 Å². The van der Waals surface area contributed by atoms with Gasteiger partial charge in [0.25, 0.3) is 0 Å². The number of carbonyl (C=O) groups is 1. The molecule has 0 unspecified atom stereocenters. The molecule has 1 aliphatic rings. The number of pyridine rings is 2. The number of hydrogen-bond acceptors (Lipinski definition) is 4. The van der Waals surface area contributed by atoms with Crippen LogP contribution in [0.4, 0.5) is 10.2 Å². The summed E-state index contributed by atoms with van der Waals surface area (Å²) in [6, 6.07) is 6.96. The Morgan fingerprint density at radius 2 is 2.11 bits per heavy atom. The fraction of sp³-hybridized carbons (Fsp3) is 0.263. The second-order valence-corrected chi connectivity index (χ2v) is 6.88. The highest BCUT2D eigenvalue weighted by Gasteiger charge is 2.31. The van der Waals surface area contributed by atoms with Gasteiger partial charge in [0.05, 0.1) is 5.69 Å². The predicted octanol–water partition coefficient (Wildman–Crippen LogP) is 3.64. The molecule has 0 aliphatic carbocycles. The minimum absolute atomic E-state index is 0.00983. The molecule has 27 heavy (non-hydrogen) atoms. The van der Waals surface area contributed by atoms with Crippen LogP contribution in [0.3, 0.4) is 0 Å². The summed E-state index contributed by atoms with van der Waals surface area (Å²) < 4.78 is 13.6. The van der Waals surface area contributed by atoms with E-state index in [1.165, 1.54) is 12.3 Å². The van der Waals surface area contributed by atoms with E-state index in [-0.39, 0.29) is 17.0 Å². The second kappa shape index (κ2) is 7.44.